The molecule has 1 aliphatic heterocycles. The molecule has 1 amide bonds. The Kier molecular flexibility index (Phi) is 4.86. The van der Waals surface area contributed by atoms with Gasteiger partial charge in [0.05, 0.1) is 17.6 Å². The lowest BCUT2D eigenvalue weighted by molar-refractivity contribution is -0.121. The summed E-state index contributed by atoms with van der Waals surface area (Å²) in [5.74, 6) is 2.07. The summed E-state index contributed by atoms with van der Waals surface area (Å²) in [6.45, 7) is 1.44. The maximum atomic E-state index is 12.0. The third-order valence-electron chi connectivity index (χ3n) is 4.75. The van der Waals surface area contributed by atoms with Crippen molar-refractivity contribution >= 4 is 16.9 Å². The molecule has 0 saturated carbocycles. The lowest BCUT2D eigenvalue weighted by atomic mass is 10.0. The molecule has 3 aromatic rings. The van der Waals surface area contributed by atoms with Gasteiger partial charge in [0.1, 0.15) is 11.6 Å². The molecule has 26 heavy (non-hydrogen) atoms. The van der Waals surface area contributed by atoms with E-state index in [0.29, 0.717) is 13.0 Å². The van der Waals surface area contributed by atoms with Crippen molar-refractivity contribution < 1.29 is 9.53 Å². The Bertz CT molecular complexity index is 884. The Morgan fingerprint density at radius 1 is 1.19 bits per heavy atom. The van der Waals surface area contributed by atoms with Crippen molar-refractivity contribution in [2.45, 2.75) is 32.1 Å². The number of ether oxygens (including phenoxy) is 1. The smallest absolute Gasteiger partial charge is 0.220 e. The molecule has 5 nitrogen and oxygen atoms in total. The molecule has 2 aromatic carbocycles. The number of hydrogen-bond acceptors (Lipinski definition) is 3. The van der Waals surface area contributed by atoms with Gasteiger partial charge in [0, 0.05) is 25.8 Å². The molecule has 0 radical (unpaired) electrons. The van der Waals surface area contributed by atoms with Crippen LogP contribution in [0.4, 0.5) is 0 Å². The maximum Gasteiger partial charge on any atom is 0.220 e. The Balaban J connectivity index is 1.18. The molecule has 0 spiro atoms. The lowest BCUT2D eigenvalue weighted by Crippen LogP contribution is -2.25. The van der Waals surface area contributed by atoms with Gasteiger partial charge in [-0.3, -0.25) is 4.79 Å². The van der Waals surface area contributed by atoms with Gasteiger partial charge in [-0.05, 0) is 42.2 Å². The number of rotatable bonds is 7. The van der Waals surface area contributed by atoms with Gasteiger partial charge < -0.3 is 15.0 Å². The SMILES string of the molecule is O=C(CCc1ccc2c(c1)CCO2)NCCCc1nc2ccccc2[nH]1. The molecule has 0 saturated heterocycles. The highest BCUT2D eigenvalue weighted by atomic mass is 16.5. The van der Waals surface area contributed by atoms with Crippen molar-refractivity contribution in [3.63, 3.8) is 0 Å². The minimum atomic E-state index is 0.103. The van der Waals surface area contributed by atoms with Crippen LogP contribution >= 0.6 is 0 Å². The number of aryl methyl sites for hydroxylation is 2. The number of hydrogen-bond donors (Lipinski definition) is 2. The summed E-state index contributed by atoms with van der Waals surface area (Å²) in [6, 6.07) is 14.2. The average Bonchev–Trinajstić information content (AvgIpc) is 3.29. The molecular formula is C21H23N3O2. The molecular weight excluding hydrogens is 326 g/mol. The fourth-order valence-electron chi connectivity index (χ4n) is 3.35. The van der Waals surface area contributed by atoms with Crippen LogP contribution in [0.1, 0.15) is 29.8 Å². The normalized spacial score (nSPS) is 12.8. The molecule has 0 fully saturated rings. The van der Waals surface area contributed by atoms with Gasteiger partial charge >= 0.3 is 0 Å². The molecule has 4 rings (SSSR count). The number of imidazole rings is 1. The van der Waals surface area contributed by atoms with Crippen molar-refractivity contribution in [2.75, 3.05) is 13.2 Å². The summed E-state index contributed by atoms with van der Waals surface area (Å²) in [4.78, 5) is 19.9. The molecule has 0 bridgehead atoms. The fraction of sp³-hybridized carbons (Fsp3) is 0.333. The minimum absolute atomic E-state index is 0.103. The van der Waals surface area contributed by atoms with Gasteiger partial charge in [-0.25, -0.2) is 4.98 Å². The first-order valence-electron chi connectivity index (χ1n) is 9.23. The van der Waals surface area contributed by atoms with E-state index in [1.165, 1.54) is 11.1 Å². The van der Waals surface area contributed by atoms with E-state index in [0.717, 1.165) is 54.9 Å². The first-order valence-corrected chi connectivity index (χ1v) is 9.23. The molecule has 2 heterocycles. The largest absolute Gasteiger partial charge is 0.493 e. The third kappa shape index (κ3) is 3.87. The van der Waals surface area contributed by atoms with Crippen LogP contribution in [-0.4, -0.2) is 29.0 Å². The Morgan fingerprint density at radius 3 is 3.04 bits per heavy atom. The van der Waals surface area contributed by atoms with Gasteiger partial charge in [-0.2, -0.15) is 0 Å². The van der Waals surface area contributed by atoms with Gasteiger partial charge in [0.15, 0.2) is 0 Å². The second-order valence-corrected chi connectivity index (χ2v) is 6.69. The molecule has 5 heteroatoms. The van der Waals surface area contributed by atoms with E-state index >= 15 is 0 Å². The zero-order chi connectivity index (χ0) is 17.8. The number of aromatic nitrogens is 2. The summed E-state index contributed by atoms with van der Waals surface area (Å²) in [5.41, 5.74) is 4.51. The zero-order valence-electron chi connectivity index (χ0n) is 14.8. The summed E-state index contributed by atoms with van der Waals surface area (Å²) in [5, 5.41) is 3.00. The van der Waals surface area contributed by atoms with Gasteiger partial charge in [0.2, 0.25) is 5.91 Å². The van der Waals surface area contributed by atoms with Crippen LogP contribution in [0.3, 0.4) is 0 Å². The van der Waals surface area contributed by atoms with Crippen molar-refractivity contribution in [1.29, 1.82) is 0 Å². The number of amides is 1. The minimum Gasteiger partial charge on any atom is -0.493 e. The van der Waals surface area contributed by atoms with E-state index in [1.807, 2.05) is 30.3 Å². The van der Waals surface area contributed by atoms with Crippen LogP contribution in [0.2, 0.25) is 0 Å². The average molecular weight is 349 g/mol. The van der Waals surface area contributed by atoms with Crippen LogP contribution in [0, 0.1) is 0 Å². The van der Waals surface area contributed by atoms with Crippen LogP contribution in [0.5, 0.6) is 5.75 Å². The predicted molar refractivity (Wildman–Crippen MR) is 101 cm³/mol. The molecule has 1 aromatic heterocycles. The highest BCUT2D eigenvalue weighted by molar-refractivity contribution is 5.76. The van der Waals surface area contributed by atoms with Gasteiger partial charge in [-0.1, -0.05) is 24.3 Å². The van der Waals surface area contributed by atoms with Gasteiger partial charge in [-0.15, -0.1) is 0 Å². The molecule has 0 atom stereocenters. The molecule has 1 aliphatic rings. The van der Waals surface area contributed by atoms with Crippen LogP contribution < -0.4 is 10.1 Å². The molecule has 134 valence electrons. The predicted octanol–water partition coefficient (Wildman–Crippen LogP) is 3.18. The van der Waals surface area contributed by atoms with Crippen molar-refractivity contribution in [3.05, 3.63) is 59.4 Å². The Labute approximate surface area is 152 Å². The number of aromatic amines is 1. The fourth-order valence-corrected chi connectivity index (χ4v) is 3.35. The first-order chi connectivity index (χ1) is 12.8. The Hall–Kier alpha value is -2.82. The van der Waals surface area contributed by atoms with Crippen molar-refractivity contribution in [1.82, 2.24) is 15.3 Å². The Morgan fingerprint density at radius 2 is 2.12 bits per heavy atom. The van der Waals surface area contributed by atoms with E-state index in [1.54, 1.807) is 0 Å². The molecule has 0 unspecified atom stereocenters. The van der Waals surface area contributed by atoms with E-state index in [9.17, 15) is 4.79 Å². The summed E-state index contributed by atoms with van der Waals surface area (Å²) in [7, 11) is 0. The number of carbonyl (C=O) groups excluding carboxylic acids is 1. The third-order valence-corrected chi connectivity index (χ3v) is 4.75. The second-order valence-electron chi connectivity index (χ2n) is 6.69. The van der Waals surface area contributed by atoms with E-state index < -0.39 is 0 Å². The van der Waals surface area contributed by atoms with E-state index in [4.69, 9.17) is 4.74 Å². The molecule has 0 aliphatic carbocycles. The number of fused-ring (bicyclic) bond motifs is 2. The van der Waals surface area contributed by atoms with E-state index in [-0.39, 0.29) is 5.91 Å². The van der Waals surface area contributed by atoms with E-state index in [2.05, 4.69) is 27.4 Å². The topological polar surface area (TPSA) is 67.0 Å². The summed E-state index contributed by atoms with van der Waals surface area (Å²) in [6.07, 6.45) is 3.96. The maximum absolute atomic E-state index is 12.0. The first kappa shape index (κ1) is 16.6. The summed E-state index contributed by atoms with van der Waals surface area (Å²) >= 11 is 0. The van der Waals surface area contributed by atoms with Gasteiger partial charge in [0.25, 0.3) is 0 Å². The number of nitrogens with one attached hydrogen (secondary N) is 2. The number of H-pyrrole nitrogens is 1. The van der Waals surface area contributed by atoms with Crippen LogP contribution in [-0.2, 0) is 24.1 Å². The standard InChI is InChI=1S/C21H23N3O2/c25-21(10-8-15-7-9-19-16(14-15)11-13-26-19)22-12-3-6-20-23-17-4-1-2-5-18(17)24-20/h1-2,4-5,7,9,14H,3,6,8,10-13H2,(H,22,25)(H,23,24). The monoisotopic (exact) mass is 349 g/mol. The summed E-state index contributed by atoms with van der Waals surface area (Å²) < 4.78 is 5.51. The number of benzene rings is 2. The van der Waals surface area contributed by atoms with Crippen LogP contribution in [0.25, 0.3) is 11.0 Å². The second kappa shape index (κ2) is 7.60. The number of para-hydroxylation sites is 2. The highest BCUT2D eigenvalue weighted by Crippen LogP contribution is 2.26. The lowest BCUT2D eigenvalue weighted by Gasteiger charge is -2.06. The van der Waals surface area contributed by atoms with Crippen LogP contribution in [0.15, 0.2) is 42.5 Å². The number of nitrogens with zero attached hydrogens (tertiary/aromatic N) is 1. The highest BCUT2D eigenvalue weighted by Gasteiger charge is 2.12. The molecule has 2 N–H and O–H groups in total. The van der Waals surface area contributed by atoms with Crippen molar-refractivity contribution in [3.8, 4) is 5.75 Å². The number of carbonyl (C=O) groups is 1. The van der Waals surface area contributed by atoms with Crippen molar-refractivity contribution in [2.24, 2.45) is 0 Å². The quantitative estimate of drug-likeness (QED) is 0.644. The zero-order valence-corrected chi connectivity index (χ0v) is 14.8.